The second-order valence-electron chi connectivity index (χ2n) is 4.97. The van der Waals surface area contributed by atoms with Gasteiger partial charge in [-0.2, -0.15) is 0 Å². The molecule has 0 atom stereocenters. The van der Waals surface area contributed by atoms with Gasteiger partial charge in [-0.1, -0.05) is 0 Å². The summed E-state index contributed by atoms with van der Waals surface area (Å²) in [6.07, 6.45) is 1.27. The highest BCUT2D eigenvalue weighted by Crippen LogP contribution is 2.34. The fourth-order valence-electron chi connectivity index (χ4n) is 1.97. The standard InChI is InChI=1S/C16H27NO4.ClH/c1-12(2)21-8-6-7-17-11-13-9-15(19-4)16(20-5)10-14(13)18-3;/h9-10,12,17H,6-8,11H2,1-5H3;1H. The maximum absolute atomic E-state index is 5.50. The lowest BCUT2D eigenvalue weighted by Gasteiger charge is -2.14. The third kappa shape index (κ3) is 6.73. The van der Waals surface area contributed by atoms with Crippen molar-refractivity contribution in [2.45, 2.75) is 32.9 Å². The Kier molecular flexibility index (Phi) is 10.8. The number of ether oxygens (including phenoxy) is 4. The molecule has 0 radical (unpaired) electrons. The first kappa shape index (κ1) is 20.8. The van der Waals surface area contributed by atoms with E-state index in [1.165, 1.54) is 0 Å². The van der Waals surface area contributed by atoms with E-state index >= 15 is 0 Å². The summed E-state index contributed by atoms with van der Waals surface area (Å²) < 4.78 is 21.5. The normalized spacial score (nSPS) is 10.3. The predicted molar refractivity (Wildman–Crippen MR) is 90.8 cm³/mol. The Morgan fingerprint density at radius 3 is 2.09 bits per heavy atom. The van der Waals surface area contributed by atoms with Crippen molar-refractivity contribution in [2.75, 3.05) is 34.5 Å². The van der Waals surface area contributed by atoms with Crippen LogP contribution in [0.3, 0.4) is 0 Å². The van der Waals surface area contributed by atoms with Crippen LogP contribution in [0.25, 0.3) is 0 Å². The summed E-state index contributed by atoms with van der Waals surface area (Å²) in [5, 5.41) is 3.38. The van der Waals surface area contributed by atoms with Crippen LogP contribution in [-0.2, 0) is 11.3 Å². The molecule has 0 unspecified atom stereocenters. The molecule has 0 heterocycles. The van der Waals surface area contributed by atoms with Crippen LogP contribution in [0.2, 0.25) is 0 Å². The molecule has 0 aliphatic carbocycles. The Labute approximate surface area is 139 Å². The molecule has 0 amide bonds. The average molecular weight is 334 g/mol. The van der Waals surface area contributed by atoms with Gasteiger partial charge in [-0.25, -0.2) is 0 Å². The van der Waals surface area contributed by atoms with Crippen LogP contribution in [0, 0.1) is 0 Å². The van der Waals surface area contributed by atoms with E-state index < -0.39 is 0 Å². The van der Waals surface area contributed by atoms with E-state index in [1.807, 2.05) is 26.0 Å². The lowest BCUT2D eigenvalue weighted by atomic mass is 10.1. The van der Waals surface area contributed by atoms with Crippen molar-refractivity contribution in [1.29, 1.82) is 0 Å². The van der Waals surface area contributed by atoms with Crippen LogP contribution < -0.4 is 19.5 Å². The highest BCUT2D eigenvalue weighted by atomic mass is 35.5. The van der Waals surface area contributed by atoms with Crippen LogP contribution in [0.5, 0.6) is 17.2 Å². The van der Waals surface area contributed by atoms with E-state index in [0.29, 0.717) is 18.0 Å². The van der Waals surface area contributed by atoms with Crippen LogP contribution in [-0.4, -0.2) is 40.6 Å². The predicted octanol–water partition coefficient (Wildman–Crippen LogP) is 3.04. The first-order valence-corrected chi connectivity index (χ1v) is 7.23. The quantitative estimate of drug-likeness (QED) is 0.667. The van der Waals surface area contributed by atoms with E-state index in [0.717, 1.165) is 30.9 Å². The average Bonchev–Trinajstić information content (AvgIpc) is 2.49. The van der Waals surface area contributed by atoms with Gasteiger partial charge in [0.15, 0.2) is 11.5 Å². The van der Waals surface area contributed by atoms with E-state index in [2.05, 4.69) is 5.32 Å². The number of nitrogens with one attached hydrogen (secondary N) is 1. The lowest BCUT2D eigenvalue weighted by Crippen LogP contribution is -2.18. The van der Waals surface area contributed by atoms with E-state index in [-0.39, 0.29) is 18.5 Å². The SMILES string of the molecule is COc1cc(OC)c(OC)cc1CNCCCOC(C)C.Cl. The summed E-state index contributed by atoms with van der Waals surface area (Å²) >= 11 is 0. The smallest absolute Gasteiger partial charge is 0.164 e. The zero-order valence-electron chi connectivity index (χ0n) is 14.1. The molecule has 1 aromatic rings. The number of methoxy groups -OCH3 is 3. The summed E-state index contributed by atoms with van der Waals surface area (Å²) in [4.78, 5) is 0. The molecule has 1 rings (SSSR count). The maximum Gasteiger partial charge on any atom is 0.164 e. The molecule has 0 fully saturated rings. The zero-order chi connectivity index (χ0) is 15.7. The number of halogens is 1. The van der Waals surface area contributed by atoms with Crippen LogP contribution in [0.15, 0.2) is 12.1 Å². The maximum atomic E-state index is 5.50. The van der Waals surface area contributed by atoms with Gasteiger partial charge < -0.3 is 24.3 Å². The first-order chi connectivity index (χ1) is 10.1. The monoisotopic (exact) mass is 333 g/mol. The molecule has 6 heteroatoms. The van der Waals surface area contributed by atoms with Gasteiger partial charge in [-0.15, -0.1) is 12.4 Å². The van der Waals surface area contributed by atoms with Crippen molar-refractivity contribution >= 4 is 12.4 Å². The molecular weight excluding hydrogens is 306 g/mol. The Morgan fingerprint density at radius 2 is 1.55 bits per heavy atom. The van der Waals surface area contributed by atoms with Gasteiger partial charge >= 0.3 is 0 Å². The lowest BCUT2D eigenvalue weighted by molar-refractivity contribution is 0.0770. The van der Waals surface area contributed by atoms with Gasteiger partial charge in [0, 0.05) is 24.8 Å². The molecule has 1 N–H and O–H groups in total. The largest absolute Gasteiger partial charge is 0.496 e. The molecule has 1 aromatic carbocycles. The molecule has 0 saturated heterocycles. The number of rotatable bonds is 10. The second-order valence-corrected chi connectivity index (χ2v) is 4.97. The zero-order valence-corrected chi connectivity index (χ0v) is 14.9. The minimum Gasteiger partial charge on any atom is -0.496 e. The summed E-state index contributed by atoms with van der Waals surface area (Å²) in [6.45, 7) is 6.47. The van der Waals surface area contributed by atoms with Crippen molar-refractivity contribution in [3.8, 4) is 17.2 Å². The minimum absolute atomic E-state index is 0. The van der Waals surface area contributed by atoms with Gasteiger partial charge in [0.2, 0.25) is 0 Å². The summed E-state index contributed by atoms with van der Waals surface area (Å²) in [6, 6.07) is 3.78. The van der Waals surface area contributed by atoms with Gasteiger partial charge in [0.1, 0.15) is 5.75 Å². The minimum atomic E-state index is 0. The Bertz CT molecular complexity index is 427. The highest BCUT2D eigenvalue weighted by molar-refractivity contribution is 5.85. The molecular formula is C16H28ClNO4. The first-order valence-electron chi connectivity index (χ1n) is 7.23. The molecule has 0 aliphatic heterocycles. The Balaban J connectivity index is 0.00000441. The molecule has 22 heavy (non-hydrogen) atoms. The van der Waals surface area contributed by atoms with Crippen molar-refractivity contribution in [3.05, 3.63) is 17.7 Å². The summed E-state index contributed by atoms with van der Waals surface area (Å²) in [7, 11) is 4.90. The van der Waals surface area contributed by atoms with E-state index in [9.17, 15) is 0 Å². The molecule has 0 aromatic heterocycles. The van der Waals surface area contributed by atoms with Crippen LogP contribution in [0.1, 0.15) is 25.8 Å². The number of hydrogen-bond donors (Lipinski definition) is 1. The Hall–Kier alpha value is -1.17. The molecule has 0 bridgehead atoms. The van der Waals surface area contributed by atoms with Gasteiger partial charge in [0.25, 0.3) is 0 Å². The van der Waals surface area contributed by atoms with Crippen molar-refractivity contribution in [2.24, 2.45) is 0 Å². The van der Waals surface area contributed by atoms with Gasteiger partial charge in [-0.05, 0) is 32.9 Å². The summed E-state index contributed by atoms with van der Waals surface area (Å²) in [5.41, 5.74) is 1.04. The van der Waals surface area contributed by atoms with Crippen LogP contribution >= 0.6 is 12.4 Å². The van der Waals surface area contributed by atoms with Gasteiger partial charge in [0.05, 0.1) is 27.4 Å². The molecule has 0 spiro atoms. The van der Waals surface area contributed by atoms with Crippen molar-refractivity contribution in [1.82, 2.24) is 5.32 Å². The number of hydrogen-bond acceptors (Lipinski definition) is 5. The molecule has 0 saturated carbocycles. The third-order valence-corrected chi connectivity index (χ3v) is 3.05. The van der Waals surface area contributed by atoms with Crippen molar-refractivity contribution < 1.29 is 18.9 Å². The van der Waals surface area contributed by atoms with Crippen LogP contribution in [0.4, 0.5) is 0 Å². The fourth-order valence-corrected chi connectivity index (χ4v) is 1.97. The van der Waals surface area contributed by atoms with Crippen molar-refractivity contribution in [3.63, 3.8) is 0 Å². The van der Waals surface area contributed by atoms with E-state index in [4.69, 9.17) is 18.9 Å². The second kappa shape index (κ2) is 11.4. The van der Waals surface area contributed by atoms with Gasteiger partial charge in [-0.3, -0.25) is 0 Å². The van der Waals surface area contributed by atoms with E-state index in [1.54, 1.807) is 21.3 Å². The topological polar surface area (TPSA) is 49.0 Å². The third-order valence-electron chi connectivity index (χ3n) is 3.05. The fraction of sp³-hybridized carbons (Fsp3) is 0.625. The molecule has 5 nitrogen and oxygen atoms in total. The highest BCUT2D eigenvalue weighted by Gasteiger charge is 2.11. The Morgan fingerprint density at radius 1 is 0.955 bits per heavy atom. The summed E-state index contributed by atoms with van der Waals surface area (Å²) in [5.74, 6) is 2.17. The number of benzene rings is 1. The molecule has 0 aliphatic rings. The molecule has 128 valence electrons.